The maximum atomic E-state index is 10.5. The molecule has 0 unspecified atom stereocenters. The van der Waals surface area contributed by atoms with Gasteiger partial charge in [-0.2, -0.15) is 0 Å². The minimum absolute atomic E-state index is 0.307. The lowest BCUT2D eigenvalue weighted by Gasteiger charge is -2.47. The minimum Gasteiger partial charge on any atom is -0.394 e. The highest BCUT2D eigenvalue weighted by molar-refractivity contribution is 5.32. The van der Waals surface area contributed by atoms with E-state index in [0.717, 1.165) is 22.3 Å². The molecule has 6 heteroatoms. The van der Waals surface area contributed by atoms with Gasteiger partial charge in [-0.05, 0) is 49.9 Å². The maximum Gasteiger partial charge on any atom is 0.184 e. The Morgan fingerprint density at radius 3 is 2.00 bits per heavy atom. The normalized spacial score (nSPS) is 30.0. The third-order valence-electron chi connectivity index (χ3n) is 6.13. The second-order valence-corrected chi connectivity index (χ2v) is 8.31. The zero-order chi connectivity index (χ0) is 21.4. The molecule has 4 rings (SSSR count). The molecule has 0 amide bonds. The van der Waals surface area contributed by atoms with E-state index < -0.39 is 43.6 Å². The molecule has 162 valence electrons. The molecule has 2 saturated heterocycles. The van der Waals surface area contributed by atoms with Gasteiger partial charge in [-0.15, -0.1) is 0 Å². The summed E-state index contributed by atoms with van der Waals surface area (Å²) < 4.78 is 24.4. The Hall–Kier alpha value is -1.80. The van der Waals surface area contributed by atoms with Crippen molar-refractivity contribution in [2.45, 2.75) is 64.7 Å². The van der Waals surface area contributed by atoms with Gasteiger partial charge in [0, 0.05) is 11.1 Å². The molecule has 0 aliphatic carbocycles. The van der Waals surface area contributed by atoms with E-state index >= 15 is 0 Å². The van der Waals surface area contributed by atoms with Crippen LogP contribution >= 0.6 is 0 Å². The fourth-order valence-corrected chi connectivity index (χ4v) is 3.93. The summed E-state index contributed by atoms with van der Waals surface area (Å²) >= 11 is 0. The summed E-state index contributed by atoms with van der Waals surface area (Å²) in [7, 11) is 0. The van der Waals surface area contributed by atoms with E-state index in [1.807, 2.05) is 57.2 Å². The van der Waals surface area contributed by atoms with Gasteiger partial charge < -0.3 is 29.2 Å². The molecule has 0 radical (unpaired) electrons. The molecular weight excluding hydrogens is 384 g/mol. The lowest BCUT2D eigenvalue weighted by Crippen LogP contribution is -2.58. The lowest BCUT2D eigenvalue weighted by atomic mass is 9.98. The van der Waals surface area contributed by atoms with Crippen molar-refractivity contribution in [1.29, 1.82) is 0 Å². The van der Waals surface area contributed by atoms with Gasteiger partial charge in [0.15, 0.2) is 12.6 Å². The molecule has 2 aliphatic heterocycles. The predicted octanol–water partition coefficient (Wildman–Crippen LogP) is 3.17. The molecule has 0 bridgehead atoms. The standard InChI is InChI=1S/C24H30O6/c1-13-5-7-17(9-15(13)3)23-27-12-20-22(30-23)21(19(26)11-25)29-24(28-20)18-8-6-14(2)16(4)10-18/h5-10,19-26H,11-12H2,1-4H3/t19-,20-,21+,22-,23-,24-/m1/s1. The Labute approximate surface area is 177 Å². The van der Waals surface area contributed by atoms with Crippen LogP contribution in [-0.4, -0.2) is 47.8 Å². The summed E-state index contributed by atoms with van der Waals surface area (Å²) in [4.78, 5) is 0. The highest BCUT2D eigenvalue weighted by Crippen LogP contribution is 2.39. The summed E-state index contributed by atoms with van der Waals surface area (Å²) in [6, 6.07) is 12.1. The van der Waals surface area contributed by atoms with Crippen molar-refractivity contribution in [2.75, 3.05) is 13.2 Å². The first-order valence-electron chi connectivity index (χ1n) is 10.4. The minimum atomic E-state index is -1.09. The van der Waals surface area contributed by atoms with Crippen LogP contribution in [0.1, 0.15) is 46.0 Å². The molecule has 2 heterocycles. The Bertz CT molecular complexity index is 895. The first kappa shape index (κ1) is 21.4. The van der Waals surface area contributed by atoms with E-state index in [1.54, 1.807) is 0 Å². The Morgan fingerprint density at radius 2 is 1.43 bits per heavy atom. The lowest BCUT2D eigenvalue weighted by molar-refractivity contribution is -0.373. The predicted molar refractivity (Wildman–Crippen MR) is 111 cm³/mol. The molecule has 6 atom stereocenters. The van der Waals surface area contributed by atoms with Gasteiger partial charge in [0.05, 0.1) is 13.2 Å². The number of rotatable bonds is 4. The van der Waals surface area contributed by atoms with E-state index in [-0.39, 0.29) is 0 Å². The van der Waals surface area contributed by atoms with Gasteiger partial charge in [0.25, 0.3) is 0 Å². The van der Waals surface area contributed by atoms with Gasteiger partial charge in [-0.3, -0.25) is 0 Å². The molecule has 2 aliphatic rings. The summed E-state index contributed by atoms with van der Waals surface area (Å²) in [6.45, 7) is 8.07. The van der Waals surface area contributed by atoms with Crippen LogP contribution in [0.3, 0.4) is 0 Å². The number of aryl methyl sites for hydroxylation is 4. The second kappa shape index (κ2) is 8.75. The second-order valence-electron chi connectivity index (χ2n) is 8.31. The number of aliphatic hydroxyl groups excluding tert-OH is 2. The quantitative estimate of drug-likeness (QED) is 0.800. The monoisotopic (exact) mass is 414 g/mol. The number of ether oxygens (including phenoxy) is 4. The van der Waals surface area contributed by atoms with Gasteiger partial charge in [0.1, 0.15) is 24.4 Å². The third kappa shape index (κ3) is 4.17. The Kier molecular flexibility index (Phi) is 6.25. The fourth-order valence-electron chi connectivity index (χ4n) is 3.93. The summed E-state index contributed by atoms with van der Waals surface area (Å²) in [5.41, 5.74) is 6.43. The molecule has 2 fully saturated rings. The topological polar surface area (TPSA) is 77.4 Å². The molecular formula is C24H30O6. The highest BCUT2D eigenvalue weighted by atomic mass is 16.8. The highest BCUT2D eigenvalue weighted by Gasteiger charge is 2.48. The molecule has 0 spiro atoms. The third-order valence-corrected chi connectivity index (χ3v) is 6.13. The number of fused-ring (bicyclic) bond motifs is 1. The maximum absolute atomic E-state index is 10.5. The molecule has 30 heavy (non-hydrogen) atoms. The van der Waals surface area contributed by atoms with Crippen molar-refractivity contribution in [3.05, 3.63) is 69.8 Å². The SMILES string of the molecule is Cc1ccc([C@@H]2OC[C@H]3O[C@@H](c4ccc(C)c(C)c4)O[C@@H]([C@H](O)CO)[C@@H]3O2)cc1C. The van der Waals surface area contributed by atoms with E-state index in [0.29, 0.717) is 6.61 Å². The van der Waals surface area contributed by atoms with Crippen LogP contribution in [-0.2, 0) is 18.9 Å². The van der Waals surface area contributed by atoms with E-state index in [1.165, 1.54) is 11.1 Å². The summed E-state index contributed by atoms with van der Waals surface area (Å²) in [5, 5.41) is 20.1. The first-order chi connectivity index (χ1) is 14.4. The first-order valence-corrected chi connectivity index (χ1v) is 10.4. The average molecular weight is 414 g/mol. The van der Waals surface area contributed by atoms with Crippen LogP contribution in [0.15, 0.2) is 36.4 Å². The van der Waals surface area contributed by atoms with Gasteiger partial charge in [0.2, 0.25) is 0 Å². The summed E-state index contributed by atoms with van der Waals surface area (Å²) in [5.74, 6) is 0. The van der Waals surface area contributed by atoms with Crippen LogP contribution in [0.5, 0.6) is 0 Å². The number of benzene rings is 2. The molecule has 2 aromatic rings. The van der Waals surface area contributed by atoms with Crippen molar-refractivity contribution in [1.82, 2.24) is 0 Å². The van der Waals surface area contributed by atoms with Crippen molar-refractivity contribution in [3.8, 4) is 0 Å². The van der Waals surface area contributed by atoms with Crippen LogP contribution in [0.2, 0.25) is 0 Å². The van der Waals surface area contributed by atoms with Crippen LogP contribution in [0, 0.1) is 27.7 Å². The number of hydrogen-bond acceptors (Lipinski definition) is 6. The van der Waals surface area contributed by atoms with Gasteiger partial charge >= 0.3 is 0 Å². The summed E-state index contributed by atoms with van der Waals surface area (Å²) in [6.07, 6.45) is -4.05. The Balaban J connectivity index is 1.57. The van der Waals surface area contributed by atoms with Crippen LogP contribution < -0.4 is 0 Å². The zero-order valence-electron chi connectivity index (χ0n) is 17.9. The van der Waals surface area contributed by atoms with Crippen LogP contribution in [0.4, 0.5) is 0 Å². The largest absolute Gasteiger partial charge is 0.394 e. The molecule has 2 aromatic carbocycles. The van der Waals surface area contributed by atoms with Crippen molar-refractivity contribution in [2.24, 2.45) is 0 Å². The fraction of sp³-hybridized carbons (Fsp3) is 0.500. The van der Waals surface area contributed by atoms with Gasteiger partial charge in [-0.25, -0.2) is 0 Å². The molecule has 2 N–H and O–H groups in total. The average Bonchev–Trinajstić information content (AvgIpc) is 2.75. The Morgan fingerprint density at radius 1 is 0.833 bits per heavy atom. The molecule has 6 nitrogen and oxygen atoms in total. The van der Waals surface area contributed by atoms with Crippen molar-refractivity contribution in [3.63, 3.8) is 0 Å². The van der Waals surface area contributed by atoms with E-state index in [2.05, 4.69) is 6.92 Å². The van der Waals surface area contributed by atoms with Crippen molar-refractivity contribution < 1.29 is 29.2 Å². The van der Waals surface area contributed by atoms with Crippen LogP contribution in [0.25, 0.3) is 0 Å². The van der Waals surface area contributed by atoms with Gasteiger partial charge in [-0.1, -0.05) is 36.4 Å². The van der Waals surface area contributed by atoms with E-state index in [9.17, 15) is 10.2 Å². The molecule has 0 aromatic heterocycles. The zero-order valence-corrected chi connectivity index (χ0v) is 17.9. The smallest absolute Gasteiger partial charge is 0.184 e. The number of hydrogen-bond donors (Lipinski definition) is 2. The van der Waals surface area contributed by atoms with Crippen molar-refractivity contribution >= 4 is 0 Å². The number of aliphatic hydroxyl groups is 2. The molecule has 0 saturated carbocycles. The van der Waals surface area contributed by atoms with E-state index in [4.69, 9.17) is 18.9 Å².